The topological polar surface area (TPSA) is 84.0 Å². The Morgan fingerprint density at radius 1 is 1.29 bits per heavy atom. The van der Waals surface area contributed by atoms with Crippen LogP contribution in [0.1, 0.15) is 38.7 Å². The number of amides is 1. The van der Waals surface area contributed by atoms with Crippen LogP contribution >= 0.6 is 0 Å². The molecule has 1 fully saturated rings. The van der Waals surface area contributed by atoms with Crippen molar-refractivity contribution in [3.8, 4) is 0 Å². The van der Waals surface area contributed by atoms with E-state index in [0.717, 1.165) is 63.6 Å². The van der Waals surface area contributed by atoms with E-state index in [-0.39, 0.29) is 12.0 Å². The first kappa shape index (κ1) is 22.2. The van der Waals surface area contributed by atoms with Gasteiger partial charge in [-0.25, -0.2) is 0 Å². The molecule has 1 atom stereocenters. The molecular weight excluding hydrogens is 356 g/mol. The third kappa shape index (κ3) is 9.19. The fraction of sp³-hybridized carbons (Fsp3) is 0.619. The van der Waals surface area contributed by atoms with Crippen LogP contribution in [-0.2, 0) is 20.7 Å². The molecule has 0 aromatic heterocycles. The number of hydrogen-bond acceptors (Lipinski definition) is 4. The molecular formula is C21H34N4O3. The van der Waals surface area contributed by atoms with Gasteiger partial charge in [-0.2, -0.15) is 0 Å². The molecule has 0 spiro atoms. The van der Waals surface area contributed by atoms with Gasteiger partial charge >= 0.3 is 0 Å². The van der Waals surface area contributed by atoms with Crippen LogP contribution in [0.5, 0.6) is 0 Å². The smallest absolute Gasteiger partial charge is 0.221 e. The zero-order valence-corrected chi connectivity index (χ0v) is 17.1. The number of carbonyl (C=O) groups excluding carboxylic acids is 1. The summed E-state index contributed by atoms with van der Waals surface area (Å²) in [6.45, 7) is 8.19. The Morgan fingerprint density at radius 3 is 2.79 bits per heavy atom. The molecule has 7 nitrogen and oxygen atoms in total. The van der Waals surface area contributed by atoms with Gasteiger partial charge in [-0.3, -0.25) is 9.79 Å². The summed E-state index contributed by atoms with van der Waals surface area (Å²) < 4.78 is 11.2. The van der Waals surface area contributed by atoms with Crippen molar-refractivity contribution in [2.24, 2.45) is 4.99 Å². The van der Waals surface area contributed by atoms with Crippen molar-refractivity contribution in [1.82, 2.24) is 10.6 Å². The highest BCUT2D eigenvalue weighted by Crippen LogP contribution is 2.12. The van der Waals surface area contributed by atoms with Crippen LogP contribution in [0.3, 0.4) is 0 Å². The minimum atomic E-state index is -0.0572. The molecule has 156 valence electrons. The van der Waals surface area contributed by atoms with Crippen molar-refractivity contribution in [2.45, 2.75) is 45.6 Å². The molecule has 0 aliphatic carbocycles. The largest absolute Gasteiger partial charge is 0.379 e. The van der Waals surface area contributed by atoms with E-state index in [0.29, 0.717) is 13.2 Å². The van der Waals surface area contributed by atoms with Crippen LogP contribution in [0.25, 0.3) is 0 Å². The maximum atomic E-state index is 11.1. The summed E-state index contributed by atoms with van der Waals surface area (Å²) in [7, 11) is 0. The monoisotopic (exact) mass is 390 g/mol. The Bertz CT molecular complexity index is 598. The Balaban J connectivity index is 1.62. The maximum absolute atomic E-state index is 11.1. The van der Waals surface area contributed by atoms with Crippen molar-refractivity contribution >= 4 is 17.6 Å². The van der Waals surface area contributed by atoms with E-state index in [1.54, 1.807) is 0 Å². The summed E-state index contributed by atoms with van der Waals surface area (Å²) in [5.41, 5.74) is 2.03. The second kappa shape index (κ2) is 13.1. The molecule has 1 aromatic carbocycles. The fourth-order valence-corrected chi connectivity index (χ4v) is 2.97. The van der Waals surface area contributed by atoms with E-state index in [2.05, 4.69) is 27.9 Å². The number of aliphatic imine (C=N–C) groups is 1. The van der Waals surface area contributed by atoms with E-state index >= 15 is 0 Å². The minimum Gasteiger partial charge on any atom is -0.379 e. The molecule has 1 heterocycles. The van der Waals surface area contributed by atoms with Gasteiger partial charge in [0.05, 0.1) is 12.7 Å². The van der Waals surface area contributed by atoms with Gasteiger partial charge in [0.15, 0.2) is 5.96 Å². The molecule has 7 heteroatoms. The normalized spacial score (nSPS) is 16.8. The summed E-state index contributed by atoms with van der Waals surface area (Å²) in [6.07, 6.45) is 4.33. The second-order valence-electron chi connectivity index (χ2n) is 6.88. The van der Waals surface area contributed by atoms with Crippen LogP contribution in [0.4, 0.5) is 5.69 Å². The zero-order chi connectivity index (χ0) is 20.0. The number of ether oxygens (including phenoxy) is 2. The fourth-order valence-electron chi connectivity index (χ4n) is 2.97. The predicted molar refractivity (Wildman–Crippen MR) is 113 cm³/mol. The van der Waals surface area contributed by atoms with Gasteiger partial charge in [-0.15, -0.1) is 0 Å². The number of nitrogens with zero attached hydrogens (tertiary/aromatic N) is 1. The highest BCUT2D eigenvalue weighted by Gasteiger charge is 2.14. The Labute approximate surface area is 168 Å². The summed E-state index contributed by atoms with van der Waals surface area (Å²) in [6, 6.07) is 7.91. The molecule has 1 aliphatic heterocycles. The SMILES string of the molecule is CCNC(=NCCCOCC1CCCO1)NCCc1ccc(NC(C)=O)cc1. The van der Waals surface area contributed by atoms with E-state index in [1.165, 1.54) is 12.5 Å². The standard InChI is InChI=1S/C21H34N4O3/c1-3-22-21(23-12-5-14-27-16-20-6-4-15-28-20)24-13-11-18-7-9-19(10-8-18)25-17(2)26/h7-10,20H,3-6,11-16H2,1-2H3,(H,25,26)(H2,22,23,24). The third-order valence-electron chi connectivity index (χ3n) is 4.37. The van der Waals surface area contributed by atoms with E-state index in [9.17, 15) is 4.79 Å². The predicted octanol–water partition coefficient (Wildman–Crippen LogP) is 2.33. The van der Waals surface area contributed by atoms with Crippen LogP contribution < -0.4 is 16.0 Å². The molecule has 0 radical (unpaired) electrons. The lowest BCUT2D eigenvalue weighted by Crippen LogP contribution is -2.38. The molecule has 0 saturated carbocycles. The van der Waals surface area contributed by atoms with Gasteiger partial charge in [0.25, 0.3) is 0 Å². The van der Waals surface area contributed by atoms with Gasteiger partial charge < -0.3 is 25.4 Å². The maximum Gasteiger partial charge on any atom is 0.221 e. The molecule has 1 saturated heterocycles. The number of guanidine groups is 1. The minimum absolute atomic E-state index is 0.0572. The number of nitrogens with one attached hydrogen (secondary N) is 3. The Morgan fingerprint density at radius 2 is 2.11 bits per heavy atom. The van der Waals surface area contributed by atoms with Crippen molar-refractivity contribution in [3.63, 3.8) is 0 Å². The third-order valence-corrected chi connectivity index (χ3v) is 4.37. The lowest BCUT2D eigenvalue weighted by atomic mass is 10.1. The first-order valence-electron chi connectivity index (χ1n) is 10.3. The number of benzene rings is 1. The van der Waals surface area contributed by atoms with Crippen molar-refractivity contribution < 1.29 is 14.3 Å². The quantitative estimate of drug-likeness (QED) is 0.307. The molecule has 1 amide bonds. The van der Waals surface area contributed by atoms with E-state index in [1.807, 2.05) is 24.3 Å². The van der Waals surface area contributed by atoms with Gasteiger partial charge in [0.2, 0.25) is 5.91 Å². The van der Waals surface area contributed by atoms with Crippen LogP contribution in [-0.4, -0.2) is 57.4 Å². The van der Waals surface area contributed by atoms with Gasteiger partial charge in [0, 0.05) is 45.5 Å². The van der Waals surface area contributed by atoms with E-state index < -0.39 is 0 Å². The summed E-state index contributed by atoms with van der Waals surface area (Å²) in [4.78, 5) is 15.7. The lowest BCUT2D eigenvalue weighted by molar-refractivity contribution is -0.114. The average Bonchev–Trinajstić information content (AvgIpc) is 3.19. The molecule has 0 bridgehead atoms. The Hall–Kier alpha value is -2.12. The first-order valence-corrected chi connectivity index (χ1v) is 10.3. The van der Waals surface area contributed by atoms with Crippen LogP contribution in [0.15, 0.2) is 29.3 Å². The molecule has 1 aromatic rings. The highest BCUT2D eigenvalue weighted by atomic mass is 16.5. The van der Waals surface area contributed by atoms with Crippen molar-refractivity contribution in [2.75, 3.05) is 44.8 Å². The zero-order valence-electron chi connectivity index (χ0n) is 17.1. The summed E-state index contributed by atoms with van der Waals surface area (Å²) >= 11 is 0. The number of anilines is 1. The number of rotatable bonds is 11. The van der Waals surface area contributed by atoms with E-state index in [4.69, 9.17) is 9.47 Å². The molecule has 3 N–H and O–H groups in total. The highest BCUT2D eigenvalue weighted by molar-refractivity contribution is 5.88. The van der Waals surface area contributed by atoms with Crippen molar-refractivity contribution in [3.05, 3.63) is 29.8 Å². The number of hydrogen-bond donors (Lipinski definition) is 3. The lowest BCUT2D eigenvalue weighted by Gasteiger charge is -2.12. The van der Waals surface area contributed by atoms with Gasteiger partial charge in [-0.1, -0.05) is 12.1 Å². The molecule has 1 unspecified atom stereocenters. The van der Waals surface area contributed by atoms with Gasteiger partial charge in [0.1, 0.15) is 0 Å². The molecule has 28 heavy (non-hydrogen) atoms. The van der Waals surface area contributed by atoms with Crippen LogP contribution in [0.2, 0.25) is 0 Å². The first-order chi connectivity index (χ1) is 13.7. The average molecular weight is 391 g/mol. The van der Waals surface area contributed by atoms with Crippen molar-refractivity contribution in [1.29, 1.82) is 0 Å². The second-order valence-corrected chi connectivity index (χ2v) is 6.88. The Kier molecular flexibility index (Phi) is 10.4. The van der Waals surface area contributed by atoms with Crippen LogP contribution in [0, 0.1) is 0 Å². The molecule has 2 rings (SSSR count). The summed E-state index contributed by atoms with van der Waals surface area (Å²) in [5, 5.41) is 9.40. The van der Waals surface area contributed by atoms with Gasteiger partial charge in [-0.05, 0) is 50.3 Å². The number of carbonyl (C=O) groups is 1. The summed E-state index contributed by atoms with van der Waals surface area (Å²) in [5.74, 6) is 0.773. The molecule has 1 aliphatic rings.